The topological polar surface area (TPSA) is 98.5 Å². The van der Waals surface area contributed by atoms with E-state index in [2.05, 4.69) is 107 Å². The Labute approximate surface area is 268 Å². The molecule has 2 aromatic heterocycles. The Kier molecular flexibility index (Phi) is 6.43. The number of carbonyl (C=O) groups is 1. The summed E-state index contributed by atoms with van der Waals surface area (Å²) in [6.07, 6.45) is 6.43. The van der Waals surface area contributed by atoms with Crippen molar-refractivity contribution in [1.82, 2.24) is 30.6 Å². The van der Waals surface area contributed by atoms with E-state index in [1.54, 1.807) is 0 Å². The zero-order chi connectivity index (χ0) is 30.9. The molecule has 0 spiro atoms. The molecule has 230 valence electrons. The fourth-order valence-electron chi connectivity index (χ4n) is 7.35. The molecule has 6 aromatic rings. The lowest BCUT2D eigenvalue weighted by atomic mass is 10.0. The van der Waals surface area contributed by atoms with Crippen molar-refractivity contribution in [1.29, 1.82) is 0 Å². The first-order valence-corrected chi connectivity index (χ1v) is 16.9. The number of nitrogens with zero attached hydrogens (tertiary/aromatic N) is 2. The number of fused-ring (bicyclic) bond motifs is 7. The van der Waals surface area contributed by atoms with E-state index >= 15 is 0 Å². The minimum absolute atomic E-state index is 0.0886. The van der Waals surface area contributed by atoms with Crippen molar-refractivity contribution in [2.75, 3.05) is 0 Å². The van der Waals surface area contributed by atoms with E-state index in [4.69, 9.17) is 9.97 Å². The van der Waals surface area contributed by atoms with Gasteiger partial charge in [0, 0.05) is 34.4 Å². The fourth-order valence-corrected chi connectivity index (χ4v) is 7.35. The SMILES string of the molecule is CC(C)CC(=O)N[C@@H](CC1CC1)c1nc2c(ccc3cc(C#Cc4ccc5c(ccc6[nH]c([C@@H]7CC8CC8N7)nc65)c4)ccc32)[nH]1. The van der Waals surface area contributed by atoms with Crippen LogP contribution in [0, 0.1) is 29.6 Å². The molecule has 4 N–H and O–H groups in total. The molecule has 3 heterocycles. The van der Waals surface area contributed by atoms with Crippen molar-refractivity contribution < 1.29 is 4.79 Å². The van der Waals surface area contributed by atoms with Gasteiger partial charge in [-0.2, -0.15) is 0 Å². The number of piperidine rings is 1. The normalized spacial score (nSPS) is 21.2. The number of amides is 1. The highest BCUT2D eigenvalue weighted by molar-refractivity contribution is 6.05. The summed E-state index contributed by atoms with van der Waals surface area (Å²) in [5.41, 5.74) is 6.00. The number of imidazole rings is 2. The van der Waals surface area contributed by atoms with Crippen molar-refractivity contribution >= 4 is 49.5 Å². The van der Waals surface area contributed by atoms with Gasteiger partial charge in [0.2, 0.25) is 5.91 Å². The molecule has 2 saturated carbocycles. The second kappa shape index (κ2) is 10.7. The quantitative estimate of drug-likeness (QED) is 0.141. The molecule has 3 aliphatic rings. The number of H-pyrrole nitrogens is 2. The van der Waals surface area contributed by atoms with Crippen molar-refractivity contribution in [2.45, 2.75) is 70.5 Å². The molecular formula is C39H38N6O. The number of aromatic nitrogens is 4. The lowest BCUT2D eigenvalue weighted by Crippen LogP contribution is -2.30. The molecule has 2 aliphatic carbocycles. The van der Waals surface area contributed by atoms with Crippen LogP contribution in [-0.2, 0) is 4.79 Å². The van der Waals surface area contributed by atoms with Crippen LogP contribution in [0.25, 0.3) is 43.6 Å². The van der Waals surface area contributed by atoms with Gasteiger partial charge in [-0.25, -0.2) is 9.97 Å². The zero-order valence-corrected chi connectivity index (χ0v) is 26.3. The highest BCUT2D eigenvalue weighted by Gasteiger charge is 2.46. The Hall–Kier alpha value is -4.67. The van der Waals surface area contributed by atoms with E-state index in [9.17, 15) is 4.79 Å². The van der Waals surface area contributed by atoms with Gasteiger partial charge in [-0.1, -0.05) is 62.8 Å². The number of rotatable bonds is 7. The van der Waals surface area contributed by atoms with Gasteiger partial charge in [-0.05, 0) is 84.2 Å². The van der Waals surface area contributed by atoms with Gasteiger partial charge in [-0.15, -0.1) is 0 Å². The molecule has 0 bridgehead atoms. The smallest absolute Gasteiger partial charge is 0.220 e. The first-order valence-electron chi connectivity index (χ1n) is 16.9. The lowest BCUT2D eigenvalue weighted by molar-refractivity contribution is -0.122. The minimum atomic E-state index is -0.0886. The third-order valence-electron chi connectivity index (χ3n) is 10.1. The Morgan fingerprint density at radius 1 is 0.870 bits per heavy atom. The summed E-state index contributed by atoms with van der Waals surface area (Å²) in [6, 6.07) is 22.2. The summed E-state index contributed by atoms with van der Waals surface area (Å²) < 4.78 is 0. The van der Waals surface area contributed by atoms with Gasteiger partial charge in [0.25, 0.3) is 0 Å². The molecule has 2 unspecified atom stereocenters. The van der Waals surface area contributed by atoms with E-state index in [1.807, 2.05) is 0 Å². The number of carbonyl (C=O) groups excluding carboxylic acids is 1. The van der Waals surface area contributed by atoms with E-state index in [0.717, 1.165) is 78.7 Å². The van der Waals surface area contributed by atoms with Crippen LogP contribution in [0.5, 0.6) is 0 Å². The predicted octanol–water partition coefficient (Wildman–Crippen LogP) is 7.57. The highest BCUT2D eigenvalue weighted by atomic mass is 16.1. The third-order valence-corrected chi connectivity index (χ3v) is 10.1. The van der Waals surface area contributed by atoms with Crippen molar-refractivity contribution in [3.63, 3.8) is 0 Å². The number of aromatic amines is 2. The second-order valence-electron chi connectivity index (χ2n) is 14.2. The van der Waals surface area contributed by atoms with Crippen LogP contribution in [-0.4, -0.2) is 31.9 Å². The summed E-state index contributed by atoms with van der Waals surface area (Å²) >= 11 is 0. The van der Waals surface area contributed by atoms with Crippen LogP contribution in [0.2, 0.25) is 0 Å². The van der Waals surface area contributed by atoms with Crippen LogP contribution in [0.15, 0.2) is 60.7 Å². The summed E-state index contributed by atoms with van der Waals surface area (Å²) in [5, 5.41) is 11.5. The largest absolute Gasteiger partial charge is 0.346 e. The summed E-state index contributed by atoms with van der Waals surface area (Å²) in [5.74, 6) is 10.6. The van der Waals surface area contributed by atoms with Crippen molar-refractivity contribution in [2.24, 2.45) is 17.8 Å². The number of hydrogen-bond donors (Lipinski definition) is 4. The third kappa shape index (κ3) is 5.21. The molecule has 0 radical (unpaired) electrons. The highest BCUT2D eigenvalue weighted by Crippen LogP contribution is 2.46. The average molecular weight is 607 g/mol. The summed E-state index contributed by atoms with van der Waals surface area (Å²) in [7, 11) is 0. The average Bonchev–Trinajstić information content (AvgIpc) is 3.83. The molecule has 3 fully saturated rings. The Balaban J connectivity index is 0.976. The van der Waals surface area contributed by atoms with Gasteiger partial charge in [0.1, 0.15) is 11.6 Å². The Morgan fingerprint density at radius 2 is 1.54 bits per heavy atom. The van der Waals surface area contributed by atoms with Gasteiger partial charge in [0.05, 0.1) is 34.2 Å². The van der Waals surface area contributed by atoms with Gasteiger partial charge in [-0.3, -0.25) is 4.79 Å². The van der Waals surface area contributed by atoms with Crippen molar-refractivity contribution in [3.8, 4) is 11.8 Å². The molecule has 1 saturated heterocycles. The molecule has 4 atom stereocenters. The van der Waals surface area contributed by atoms with E-state index in [-0.39, 0.29) is 11.9 Å². The molecule has 4 aromatic carbocycles. The predicted molar refractivity (Wildman–Crippen MR) is 183 cm³/mol. The van der Waals surface area contributed by atoms with E-state index in [0.29, 0.717) is 30.3 Å². The van der Waals surface area contributed by atoms with Gasteiger partial charge in [0.15, 0.2) is 0 Å². The fraction of sp³-hybridized carbons (Fsp3) is 0.359. The first-order chi connectivity index (χ1) is 22.4. The standard InChI is InChI=1S/C39H38N6O/c1-21(2)15-35(46)41-33(18-24-5-6-24)38-42-30-13-9-25-16-22(7-11-28(25)36(30)44-38)3-4-23-8-12-29-26(17-23)10-14-31-37(29)45-39(43-31)34-20-27-19-32(27)40-34/h7-14,16-17,21,24,27,32-34,40H,5-6,15,18-20H2,1-2H3,(H,41,46)(H,42,44)(H,43,45)/t27?,32?,33-,34-/m0/s1. The number of nitrogens with one attached hydrogen (secondary N) is 4. The summed E-state index contributed by atoms with van der Waals surface area (Å²) in [6.45, 7) is 4.15. The van der Waals surface area contributed by atoms with E-state index < -0.39 is 0 Å². The molecule has 7 nitrogen and oxygen atoms in total. The molecule has 7 heteroatoms. The van der Waals surface area contributed by atoms with Crippen LogP contribution in [0.1, 0.15) is 87.2 Å². The maximum Gasteiger partial charge on any atom is 0.220 e. The molecule has 46 heavy (non-hydrogen) atoms. The van der Waals surface area contributed by atoms with Crippen LogP contribution < -0.4 is 10.6 Å². The Bertz CT molecular complexity index is 2220. The zero-order valence-electron chi connectivity index (χ0n) is 26.3. The maximum atomic E-state index is 12.7. The van der Waals surface area contributed by atoms with Gasteiger partial charge >= 0.3 is 0 Å². The van der Waals surface area contributed by atoms with Crippen LogP contribution in [0.4, 0.5) is 0 Å². The molecule has 9 rings (SSSR count). The van der Waals surface area contributed by atoms with Gasteiger partial charge < -0.3 is 20.6 Å². The minimum Gasteiger partial charge on any atom is -0.346 e. The van der Waals surface area contributed by atoms with Crippen molar-refractivity contribution in [3.05, 3.63) is 83.4 Å². The summed E-state index contributed by atoms with van der Waals surface area (Å²) in [4.78, 5) is 29.8. The first kappa shape index (κ1) is 27.6. The lowest BCUT2D eigenvalue weighted by Gasteiger charge is -2.17. The van der Waals surface area contributed by atoms with Crippen LogP contribution in [0.3, 0.4) is 0 Å². The van der Waals surface area contributed by atoms with E-state index in [1.165, 1.54) is 25.7 Å². The molecule has 1 amide bonds. The van der Waals surface area contributed by atoms with Crippen LogP contribution >= 0.6 is 0 Å². The Morgan fingerprint density at radius 3 is 2.17 bits per heavy atom. The second-order valence-corrected chi connectivity index (χ2v) is 14.2. The number of benzene rings is 4. The maximum absolute atomic E-state index is 12.7. The number of hydrogen-bond acceptors (Lipinski definition) is 4. The molecular weight excluding hydrogens is 568 g/mol. The monoisotopic (exact) mass is 606 g/mol. The molecule has 1 aliphatic heterocycles.